The van der Waals surface area contributed by atoms with Gasteiger partial charge in [0.15, 0.2) is 0 Å². The molecule has 0 amide bonds. The zero-order valence-electron chi connectivity index (χ0n) is 11.7. The molecular formula is C15H16N2OS3. The van der Waals surface area contributed by atoms with Crippen LogP contribution in [0.5, 0.6) is 0 Å². The number of fused-ring (bicyclic) bond motifs is 1. The van der Waals surface area contributed by atoms with Crippen LogP contribution >= 0.6 is 22.7 Å². The lowest BCUT2D eigenvalue weighted by Crippen LogP contribution is -2.06. The topological polar surface area (TPSA) is 62.0 Å². The zero-order valence-corrected chi connectivity index (χ0v) is 14.1. The van der Waals surface area contributed by atoms with Gasteiger partial charge in [0, 0.05) is 5.39 Å². The summed E-state index contributed by atoms with van der Waals surface area (Å²) in [6, 6.07) is 8.04. The number of thiophene rings is 2. The van der Waals surface area contributed by atoms with Gasteiger partial charge in [-0.2, -0.15) is 0 Å². The van der Waals surface area contributed by atoms with Crippen molar-refractivity contribution in [3.8, 4) is 10.6 Å². The van der Waals surface area contributed by atoms with Gasteiger partial charge in [-0.15, -0.1) is 11.3 Å². The molecule has 0 bridgehead atoms. The van der Waals surface area contributed by atoms with E-state index in [0.717, 1.165) is 37.8 Å². The fourth-order valence-corrected chi connectivity index (χ4v) is 5.55. The van der Waals surface area contributed by atoms with Crippen molar-refractivity contribution in [2.24, 2.45) is 0 Å². The second-order valence-electron chi connectivity index (χ2n) is 4.73. The minimum atomic E-state index is -1.01. The Balaban J connectivity index is 1.99. The quantitative estimate of drug-likeness (QED) is 0.697. The van der Waals surface area contributed by atoms with E-state index in [1.165, 1.54) is 11.3 Å². The zero-order chi connectivity index (χ0) is 14.8. The molecule has 6 heteroatoms. The first-order chi connectivity index (χ1) is 10.2. The van der Waals surface area contributed by atoms with Crippen molar-refractivity contribution in [1.29, 1.82) is 0 Å². The van der Waals surface area contributed by atoms with Crippen molar-refractivity contribution in [2.45, 2.75) is 24.0 Å². The number of hydrogen-bond donors (Lipinski definition) is 1. The van der Waals surface area contributed by atoms with Crippen LogP contribution < -0.4 is 5.73 Å². The Labute approximate surface area is 135 Å². The van der Waals surface area contributed by atoms with Gasteiger partial charge in [0.2, 0.25) is 4.21 Å². The fourth-order valence-electron chi connectivity index (χ4n) is 2.07. The third kappa shape index (κ3) is 2.94. The molecule has 0 spiro atoms. The van der Waals surface area contributed by atoms with Crippen LogP contribution in [0.1, 0.15) is 19.8 Å². The minimum absolute atomic E-state index is 0.634. The Hall–Kier alpha value is -1.08. The second-order valence-corrected chi connectivity index (χ2v) is 8.45. The first-order valence-corrected chi connectivity index (χ1v) is 9.83. The van der Waals surface area contributed by atoms with Crippen LogP contribution in [-0.2, 0) is 11.2 Å². The van der Waals surface area contributed by atoms with E-state index < -0.39 is 11.2 Å². The highest BCUT2D eigenvalue weighted by molar-refractivity contribution is 7.93. The van der Waals surface area contributed by atoms with Crippen LogP contribution in [0.15, 0.2) is 33.9 Å². The summed E-state index contributed by atoms with van der Waals surface area (Å²) in [6.07, 6.45) is 1.99. The summed E-state index contributed by atoms with van der Waals surface area (Å²) in [7, 11) is 0. The lowest BCUT2D eigenvalue weighted by molar-refractivity contribution is 0.594. The van der Waals surface area contributed by atoms with E-state index in [4.69, 9.17) is 5.73 Å². The largest absolute Gasteiger partial charge is 0.611 e. The second kappa shape index (κ2) is 6.36. The van der Waals surface area contributed by atoms with Gasteiger partial charge in [-0.25, -0.2) is 4.98 Å². The van der Waals surface area contributed by atoms with Gasteiger partial charge in [-0.3, -0.25) is 0 Å². The Morgan fingerprint density at radius 2 is 2.19 bits per heavy atom. The monoisotopic (exact) mass is 336 g/mol. The van der Waals surface area contributed by atoms with Crippen LogP contribution in [0, 0.1) is 0 Å². The number of rotatable bonds is 5. The van der Waals surface area contributed by atoms with Gasteiger partial charge in [0.1, 0.15) is 16.3 Å². The molecule has 110 valence electrons. The highest BCUT2D eigenvalue weighted by Gasteiger charge is 2.21. The molecular weight excluding hydrogens is 320 g/mol. The average molecular weight is 337 g/mol. The number of pyridine rings is 1. The molecule has 1 atom stereocenters. The Morgan fingerprint density at radius 3 is 2.90 bits per heavy atom. The molecule has 0 saturated carbocycles. The van der Waals surface area contributed by atoms with Crippen LogP contribution in [0.2, 0.25) is 0 Å². The van der Waals surface area contributed by atoms with Crippen LogP contribution in [0.25, 0.3) is 20.8 Å². The molecule has 3 aromatic rings. The van der Waals surface area contributed by atoms with E-state index in [2.05, 4.69) is 18.0 Å². The highest BCUT2D eigenvalue weighted by atomic mass is 32.2. The molecule has 1 unspecified atom stereocenters. The normalized spacial score (nSPS) is 12.9. The van der Waals surface area contributed by atoms with Gasteiger partial charge in [-0.05, 0) is 41.2 Å². The van der Waals surface area contributed by atoms with E-state index >= 15 is 0 Å². The molecule has 3 aromatic heterocycles. The summed E-state index contributed by atoms with van der Waals surface area (Å²) in [5, 5.41) is 2.95. The third-order valence-electron chi connectivity index (χ3n) is 3.22. The number of nitrogen functional groups attached to an aromatic ring is 1. The molecule has 3 heterocycles. The van der Waals surface area contributed by atoms with Gasteiger partial charge >= 0.3 is 0 Å². The standard InChI is InChI=1S/C15H16N2OS3/c1-2-3-9-21(18)15-13(16)10-6-7-11(17-14(10)20-15)12-5-4-8-19-12/h4-8H,2-3,9,16H2,1H3. The number of hydrogen-bond acceptors (Lipinski definition) is 5. The lowest BCUT2D eigenvalue weighted by atomic mass is 10.2. The Kier molecular flexibility index (Phi) is 4.49. The summed E-state index contributed by atoms with van der Waals surface area (Å²) >= 11 is 2.11. The number of nitrogens with zero attached hydrogens (tertiary/aromatic N) is 1. The van der Waals surface area contributed by atoms with Crippen LogP contribution in [-0.4, -0.2) is 15.3 Å². The van der Waals surface area contributed by atoms with Gasteiger partial charge in [-0.1, -0.05) is 30.7 Å². The Morgan fingerprint density at radius 1 is 1.33 bits per heavy atom. The predicted molar refractivity (Wildman–Crippen MR) is 93.5 cm³/mol. The number of anilines is 1. The van der Waals surface area contributed by atoms with Gasteiger partial charge in [0.25, 0.3) is 0 Å². The maximum absolute atomic E-state index is 12.3. The molecule has 0 aliphatic rings. The third-order valence-corrected chi connectivity index (χ3v) is 7.13. The number of aromatic nitrogens is 1. The van der Waals surface area contributed by atoms with E-state index in [1.807, 2.05) is 23.6 Å². The van der Waals surface area contributed by atoms with Crippen molar-refractivity contribution in [1.82, 2.24) is 4.98 Å². The van der Waals surface area contributed by atoms with Gasteiger partial charge in [0.05, 0.1) is 10.6 Å². The molecule has 21 heavy (non-hydrogen) atoms. The summed E-state index contributed by atoms with van der Waals surface area (Å²) in [4.78, 5) is 6.69. The molecule has 0 fully saturated rings. The number of nitrogens with two attached hydrogens (primary N) is 1. The lowest BCUT2D eigenvalue weighted by Gasteiger charge is -2.07. The van der Waals surface area contributed by atoms with Crippen molar-refractivity contribution >= 4 is 49.8 Å². The first kappa shape index (κ1) is 14.8. The summed E-state index contributed by atoms with van der Waals surface area (Å²) in [5.74, 6) is 0.672. The molecule has 3 rings (SSSR count). The Bertz CT molecular complexity index is 737. The summed E-state index contributed by atoms with van der Waals surface area (Å²) < 4.78 is 13.1. The molecule has 0 aliphatic heterocycles. The van der Waals surface area contributed by atoms with E-state index in [9.17, 15) is 4.55 Å². The smallest absolute Gasteiger partial charge is 0.232 e. The summed E-state index contributed by atoms with van der Waals surface area (Å²) in [5.41, 5.74) is 7.74. The maximum Gasteiger partial charge on any atom is 0.232 e. The predicted octanol–water partition coefficient (Wildman–Crippen LogP) is 4.51. The first-order valence-electron chi connectivity index (χ1n) is 6.82. The van der Waals surface area contributed by atoms with Crippen molar-refractivity contribution in [3.63, 3.8) is 0 Å². The summed E-state index contributed by atoms with van der Waals surface area (Å²) in [6.45, 7) is 2.10. The van der Waals surface area contributed by atoms with Crippen molar-refractivity contribution in [2.75, 3.05) is 11.5 Å². The van der Waals surface area contributed by atoms with E-state index in [1.54, 1.807) is 11.3 Å². The van der Waals surface area contributed by atoms with Crippen LogP contribution in [0.3, 0.4) is 0 Å². The van der Waals surface area contributed by atoms with Gasteiger partial charge < -0.3 is 10.3 Å². The molecule has 2 N–H and O–H groups in total. The molecule has 3 nitrogen and oxygen atoms in total. The molecule has 0 aromatic carbocycles. The van der Waals surface area contributed by atoms with E-state index in [-0.39, 0.29) is 0 Å². The van der Waals surface area contributed by atoms with E-state index in [0.29, 0.717) is 11.4 Å². The van der Waals surface area contributed by atoms with Crippen LogP contribution in [0.4, 0.5) is 5.69 Å². The molecule has 0 aliphatic carbocycles. The van der Waals surface area contributed by atoms with Crippen molar-refractivity contribution < 1.29 is 4.55 Å². The minimum Gasteiger partial charge on any atom is -0.611 e. The fraction of sp³-hybridized carbons (Fsp3) is 0.267. The maximum atomic E-state index is 12.3. The average Bonchev–Trinajstić information content (AvgIpc) is 3.13. The molecule has 0 saturated heterocycles. The van der Waals surface area contributed by atoms with Crippen molar-refractivity contribution in [3.05, 3.63) is 29.6 Å². The number of unbranched alkanes of at least 4 members (excludes halogenated alkanes) is 1. The molecule has 0 radical (unpaired) electrons. The SMILES string of the molecule is CCCC[S+]([O-])c1sc2nc(-c3cccs3)ccc2c1N. The highest BCUT2D eigenvalue weighted by Crippen LogP contribution is 2.38.